The van der Waals surface area contributed by atoms with Gasteiger partial charge >= 0.3 is 5.97 Å². The van der Waals surface area contributed by atoms with Crippen molar-refractivity contribution in [2.75, 3.05) is 18.6 Å². The number of rotatable bonds is 8. The molecule has 31 heavy (non-hydrogen) atoms. The zero-order valence-corrected chi connectivity index (χ0v) is 19.2. The maximum absolute atomic E-state index is 13.3. The normalized spacial score (nSPS) is 12.2. The van der Waals surface area contributed by atoms with Gasteiger partial charge in [-0.05, 0) is 48.2 Å². The highest BCUT2D eigenvalue weighted by molar-refractivity contribution is 7.94. The monoisotopic (exact) mass is 464 g/mol. The quantitative estimate of drug-likeness (QED) is 0.471. The Kier molecular flexibility index (Phi) is 6.51. The lowest BCUT2D eigenvalue weighted by molar-refractivity contribution is 0.0588. The zero-order chi connectivity index (χ0) is 22.8. The largest absolute Gasteiger partial charge is 0.464 e. The van der Waals surface area contributed by atoms with Gasteiger partial charge in [0.05, 0.1) is 24.1 Å². The number of methoxy groups -OCH3 is 1. The number of fused-ring (bicyclic) bond motifs is 1. The fraction of sp³-hybridized carbons (Fsp3) is 0.333. The van der Waals surface area contributed by atoms with E-state index < -0.39 is 30.5 Å². The molecule has 8 nitrogen and oxygen atoms in total. The van der Waals surface area contributed by atoms with Gasteiger partial charge < -0.3 is 9.14 Å². The van der Waals surface area contributed by atoms with E-state index in [2.05, 4.69) is 4.98 Å². The lowest BCUT2D eigenvalue weighted by Gasteiger charge is -2.08. The van der Waals surface area contributed by atoms with Crippen LogP contribution in [0.3, 0.4) is 0 Å². The molecule has 0 aromatic carbocycles. The second-order valence-corrected chi connectivity index (χ2v) is 11.1. The third-order valence-electron chi connectivity index (χ3n) is 4.81. The van der Waals surface area contributed by atoms with Crippen molar-refractivity contribution in [3.8, 4) is 11.1 Å². The fourth-order valence-electron chi connectivity index (χ4n) is 3.55. The molecule has 0 aliphatic rings. The number of carbonyl (C=O) groups excluding carboxylic acids is 1. The zero-order valence-electron chi connectivity index (χ0n) is 17.5. The Bertz CT molecular complexity index is 1330. The fourth-order valence-corrected chi connectivity index (χ4v) is 7.51. The predicted octanol–water partition coefficient (Wildman–Crippen LogP) is 3.16. The first-order chi connectivity index (χ1) is 14.7. The molecular formula is C21H24N2O6S2. The summed E-state index contributed by atoms with van der Waals surface area (Å²) in [6, 6.07) is 6.77. The van der Waals surface area contributed by atoms with E-state index in [1.165, 1.54) is 10.6 Å². The average Bonchev–Trinajstić information content (AvgIpc) is 3.10. The van der Waals surface area contributed by atoms with Crippen LogP contribution in [0.2, 0.25) is 0 Å². The number of nitrogens with zero attached hydrogens (tertiary/aromatic N) is 2. The average molecular weight is 465 g/mol. The molecule has 0 atom stereocenters. The molecule has 166 valence electrons. The van der Waals surface area contributed by atoms with Gasteiger partial charge in [0.1, 0.15) is 9.79 Å². The molecule has 0 saturated heterocycles. The number of pyridine rings is 2. The number of ether oxygens (including phenoxy) is 1. The summed E-state index contributed by atoms with van der Waals surface area (Å²) in [7, 11) is -6.96. The van der Waals surface area contributed by atoms with Crippen LogP contribution in [0.4, 0.5) is 0 Å². The van der Waals surface area contributed by atoms with E-state index in [1.807, 2.05) is 0 Å². The Balaban J connectivity index is 2.52. The Morgan fingerprint density at radius 2 is 1.52 bits per heavy atom. The van der Waals surface area contributed by atoms with Crippen molar-refractivity contribution in [1.82, 2.24) is 9.38 Å². The number of hydrogen-bond acceptors (Lipinski definition) is 7. The van der Waals surface area contributed by atoms with Crippen molar-refractivity contribution in [2.24, 2.45) is 0 Å². The van der Waals surface area contributed by atoms with Crippen molar-refractivity contribution in [2.45, 2.75) is 36.5 Å². The van der Waals surface area contributed by atoms with E-state index in [1.54, 1.807) is 50.5 Å². The number of sulfone groups is 2. The maximum Gasteiger partial charge on any atom is 0.356 e. The van der Waals surface area contributed by atoms with Gasteiger partial charge in [0.25, 0.3) is 0 Å². The summed E-state index contributed by atoms with van der Waals surface area (Å²) in [4.78, 5) is 15.8. The van der Waals surface area contributed by atoms with Crippen molar-refractivity contribution in [1.29, 1.82) is 0 Å². The van der Waals surface area contributed by atoms with E-state index in [9.17, 15) is 21.6 Å². The number of hydrogen-bond donors (Lipinski definition) is 0. The highest BCUT2D eigenvalue weighted by Gasteiger charge is 2.37. The molecule has 0 aliphatic heterocycles. The van der Waals surface area contributed by atoms with Gasteiger partial charge in [0.15, 0.2) is 25.4 Å². The molecule has 0 unspecified atom stereocenters. The molecule has 0 radical (unpaired) electrons. The summed E-state index contributed by atoms with van der Waals surface area (Å²) in [6.45, 7) is 3.37. The first-order valence-corrected chi connectivity index (χ1v) is 13.1. The molecule has 0 aliphatic carbocycles. The molecule has 3 heterocycles. The third kappa shape index (κ3) is 4.22. The predicted molar refractivity (Wildman–Crippen MR) is 117 cm³/mol. The third-order valence-corrected chi connectivity index (χ3v) is 8.89. The van der Waals surface area contributed by atoms with Crippen LogP contribution in [0, 0.1) is 0 Å². The van der Waals surface area contributed by atoms with E-state index in [0.717, 1.165) is 12.7 Å². The second-order valence-electron chi connectivity index (χ2n) is 7.04. The Morgan fingerprint density at radius 1 is 0.935 bits per heavy atom. The Hall–Kier alpha value is -2.72. The van der Waals surface area contributed by atoms with Gasteiger partial charge in [0.2, 0.25) is 0 Å². The van der Waals surface area contributed by atoms with Crippen LogP contribution in [0.5, 0.6) is 0 Å². The molecule has 0 fully saturated rings. The molecule has 0 saturated carbocycles. The van der Waals surface area contributed by atoms with Gasteiger partial charge in [-0.15, -0.1) is 0 Å². The van der Waals surface area contributed by atoms with Crippen LogP contribution < -0.4 is 0 Å². The van der Waals surface area contributed by atoms with Crippen LogP contribution in [-0.4, -0.2) is 50.8 Å². The minimum Gasteiger partial charge on any atom is -0.464 e. The molecule has 10 heteroatoms. The smallest absolute Gasteiger partial charge is 0.356 e. The maximum atomic E-state index is 13.3. The topological polar surface area (TPSA) is 112 Å². The Labute approximate surface area is 181 Å². The summed E-state index contributed by atoms with van der Waals surface area (Å²) in [6.07, 6.45) is 5.26. The number of esters is 1. The van der Waals surface area contributed by atoms with Crippen LogP contribution in [-0.2, 0) is 24.4 Å². The van der Waals surface area contributed by atoms with Crippen molar-refractivity contribution >= 4 is 31.2 Å². The summed E-state index contributed by atoms with van der Waals surface area (Å²) in [5.41, 5.74) is 1.26. The molecule has 0 amide bonds. The van der Waals surface area contributed by atoms with Gasteiger partial charge in [-0.25, -0.2) is 21.6 Å². The molecule has 0 spiro atoms. The van der Waals surface area contributed by atoms with Crippen molar-refractivity contribution < 1.29 is 26.4 Å². The molecule has 0 bridgehead atoms. The summed E-state index contributed by atoms with van der Waals surface area (Å²) in [5, 5.41) is 0. The van der Waals surface area contributed by atoms with E-state index in [-0.39, 0.29) is 34.0 Å². The lowest BCUT2D eigenvalue weighted by Crippen LogP contribution is -2.17. The van der Waals surface area contributed by atoms with Crippen LogP contribution in [0.15, 0.2) is 52.6 Å². The molecule has 3 rings (SSSR count). The summed E-state index contributed by atoms with van der Waals surface area (Å²) in [5.74, 6) is -1.46. The second kappa shape index (κ2) is 8.80. The number of carbonyl (C=O) groups is 1. The lowest BCUT2D eigenvalue weighted by atomic mass is 10.1. The van der Waals surface area contributed by atoms with Gasteiger partial charge in [-0.2, -0.15) is 0 Å². The van der Waals surface area contributed by atoms with Crippen LogP contribution in [0.25, 0.3) is 16.6 Å². The highest BCUT2D eigenvalue weighted by Crippen LogP contribution is 2.36. The van der Waals surface area contributed by atoms with E-state index in [0.29, 0.717) is 12.0 Å². The first-order valence-electron chi connectivity index (χ1n) is 9.80. The Morgan fingerprint density at radius 3 is 2.06 bits per heavy atom. The van der Waals surface area contributed by atoms with Gasteiger partial charge in [0, 0.05) is 18.6 Å². The van der Waals surface area contributed by atoms with E-state index >= 15 is 0 Å². The van der Waals surface area contributed by atoms with Gasteiger partial charge in [-0.1, -0.05) is 13.8 Å². The molecule has 3 aromatic heterocycles. The summed E-state index contributed by atoms with van der Waals surface area (Å²) < 4.78 is 59.0. The molecular weight excluding hydrogens is 440 g/mol. The van der Waals surface area contributed by atoms with Crippen LogP contribution in [0.1, 0.15) is 37.2 Å². The number of aromatic nitrogens is 2. The van der Waals surface area contributed by atoms with E-state index in [4.69, 9.17) is 4.74 Å². The molecule has 3 aromatic rings. The minimum atomic E-state index is -4.08. The van der Waals surface area contributed by atoms with Crippen LogP contribution >= 0.6 is 0 Å². The van der Waals surface area contributed by atoms with Gasteiger partial charge in [-0.3, -0.25) is 4.98 Å². The molecule has 0 N–H and O–H groups in total. The SMILES string of the molecule is CCCS(=O)(=O)c1c(S(=O)(=O)CCC)c2cc(-c3ccncc3)ccn2c1C(=O)OC. The van der Waals surface area contributed by atoms with Crippen molar-refractivity contribution in [3.63, 3.8) is 0 Å². The van der Waals surface area contributed by atoms with Crippen molar-refractivity contribution in [3.05, 3.63) is 48.5 Å². The first kappa shape index (κ1) is 23.0. The highest BCUT2D eigenvalue weighted by atomic mass is 32.2. The minimum absolute atomic E-state index is 0.123. The standard InChI is InChI=1S/C21H24N2O6S2/c1-4-12-30(25,26)19-17-14-16(15-6-9-22-10-7-15)8-11-23(17)18(21(24)29-3)20(19)31(27,28)13-5-2/h6-11,14H,4-5,12-13H2,1-3H3. The summed E-state index contributed by atoms with van der Waals surface area (Å²) >= 11 is 0.